The van der Waals surface area contributed by atoms with E-state index >= 15 is 0 Å². The number of carbonyl (C=O) groups excluding carboxylic acids is 2. The molecule has 6 nitrogen and oxygen atoms in total. The molecule has 3 atom stereocenters. The Balaban J connectivity index is 1.53. The molecular formula is C18H27N3O3S. The third-order valence-electron chi connectivity index (χ3n) is 4.97. The van der Waals surface area contributed by atoms with Gasteiger partial charge in [0.2, 0.25) is 5.91 Å². The number of hydrogen-bond donors (Lipinski definition) is 0. The average Bonchev–Trinajstić information content (AvgIpc) is 3.14. The second kappa shape index (κ2) is 7.85. The van der Waals surface area contributed by atoms with Crippen LogP contribution >= 0.6 is 11.3 Å². The predicted octanol–water partition coefficient (Wildman–Crippen LogP) is 1.53. The highest BCUT2D eigenvalue weighted by Crippen LogP contribution is 2.17. The Kier molecular flexibility index (Phi) is 5.76. The maximum Gasteiger partial charge on any atom is 0.264 e. The Hall–Kier alpha value is -1.44. The van der Waals surface area contributed by atoms with Crippen molar-refractivity contribution in [2.75, 3.05) is 39.3 Å². The van der Waals surface area contributed by atoms with Crippen LogP contribution in [0.5, 0.6) is 0 Å². The molecule has 2 aliphatic heterocycles. The van der Waals surface area contributed by atoms with E-state index in [4.69, 9.17) is 4.74 Å². The fourth-order valence-electron chi connectivity index (χ4n) is 3.65. The van der Waals surface area contributed by atoms with Crippen molar-refractivity contribution >= 4 is 23.2 Å². The lowest BCUT2D eigenvalue weighted by Gasteiger charge is -2.41. The monoisotopic (exact) mass is 365 g/mol. The van der Waals surface area contributed by atoms with E-state index in [9.17, 15) is 9.59 Å². The largest absolute Gasteiger partial charge is 0.372 e. The van der Waals surface area contributed by atoms with E-state index in [2.05, 4.69) is 4.90 Å². The van der Waals surface area contributed by atoms with E-state index in [1.807, 2.05) is 48.1 Å². The van der Waals surface area contributed by atoms with Crippen molar-refractivity contribution in [2.45, 2.75) is 39.0 Å². The number of nitrogens with zero attached hydrogens (tertiary/aromatic N) is 3. The molecule has 0 saturated carbocycles. The lowest BCUT2D eigenvalue weighted by molar-refractivity contribution is -0.148. The van der Waals surface area contributed by atoms with Crippen molar-refractivity contribution in [3.63, 3.8) is 0 Å². The van der Waals surface area contributed by atoms with Crippen LogP contribution in [0, 0.1) is 0 Å². The molecule has 2 amide bonds. The summed E-state index contributed by atoms with van der Waals surface area (Å²) in [6, 6.07) is 3.61. The summed E-state index contributed by atoms with van der Waals surface area (Å²) in [5, 5.41) is 1.93. The van der Waals surface area contributed by atoms with Gasteiger partial charge in [-0.3, -0.25) is 14.5 Å². The molecule has 2 fully saturated rings. The summed E-state index contributed by atoms with van der Waals surface area (Å²) in [6.07, 6.45) is 0.167. The van der Waals surface area contributed by atoms with Crippen molar-refractivity contribution in [3.05, 3.63) is 22.4 Å². The molecule has 0 aromatic carbocycles. The molecule has 3 heterocycles. The van der Waals surface area contributed by atoms with Crippen LogP contribution in [0.1, 0.15) is 30.4 Å². The molecule has 0 aliphatic carbocycles. The summed E-state index contributed by atoms with van der Waals surface area (Å²) >= 11 is 1.48. The number of morpholine rings is 1. The number of thiophene rings is 1. The molecule has 2 saturated heterocycles. The number of piperazine rings is 1. The van der Waals surface area contributed by atoms with Gasteiger partial charge < -0.3 is 14.5 Å². The molecule has 0 bridgehead atoms. The van der Waals surface area contributed by atoms with E-state index in [1.54, 1.807) is 0 Å². The normalized spacial score (nSPS) is 26.5. The number of carbonyl (C=O) groups is 2. The van der Waals surface area contributed by atoms with Crippen molar-refractivity contribution in [1.82, 2.24) is 14.7 Å². The fourth-order valence-corrected chi connectivity index (χ4v) is 4.34. The predicted molar refractivity (Wildman–Crippen MR) is 97.8 cm³/mol. The summed E-state index contributed by atoms with van der Waals surface area (Å²) in [4.78, 5) is 32.0. The van der Waals surface area contributed by atoms with Gasteiger partial charge in [-0.2, -0.15) is 0 Å². The van der Waals surface area contributed by atoms with Crippen LogP contribution in [-0.4, -0.2) is 84.0 Å². The van der Waals surface area contributed by atoms with Gasteiger partial charge in [0, 0.05) is 39.3 Å². The van der Waals surface area contributed by atoms with Gasteiger partial charge in [-0.05, 0) is 32.2 Å². The Bertz CT molecular complexity index is 589. The maximum absolute atomic E-state index is 12.8. The van der Waals surface area contributed by atoms with E-state index in [-0.39, 0.29) is 30.1 Å². The van der Waals surface area contributed by atoms with Crippen LogP contribution in [-0.2, 0) is 9.53 Å². The van der Waals surface area contributed by atoms with Gasteiger partial charge in [0.05, 0.1) is 23.1 Å². The van der Waals surface area contributed by atoms with Gasteiger partial charge in [0.15, 0.2) is 0 Å². The first-order valence-corrected chi connectivity index (χ1v) is 9.84. The second-order valence-electron chi connectivity index (χ2n) is 6.98. The molecule has 3 rings (SSSR count). The summed E-state index contributed by atoms with van der Waals surface area (Å²) in [7, 11) is 0. The smallest absolute Gasteiger partial charge is 0.264 e. The third-order valence-corrected chi connectivity index (χ3v) is 5.83. The summed E-state index contributed by atoms with van der Waals surface area (Å²) < 4.78 is 5.72. The highest BCUT2D eigenvalue weighted by molar-refractivity contribution is 7.12. The molecule has 25 heavy (non-hydrogen) atoms. The summed E-state index contributed by atoms with van der Waals surface area (Å²) in [5.41, 5.74) is 0. The number of hydrogen-bond acceptors (Lipinski definition) is 5. The minimum absolute atomic E-state index is 0.0835. The zero-order chi connectivity index (χ0) is 18.0. The number of amides is 2. The molecule has 0 spiro atoms. The minimum Gasteiger partial charge on any atom is -0.372 e. The minimum atomic E-state index is -0.156. The second-order valence-corrected chi connectivity index (χ2v) is 7.93. The lowest BCUT2D eigenvalue weighted by atomic mass is 10.1. The van der Waals surface area contributed by atoms with Gasteiger partial charge in [0.1, 0.15) is 0 Å². The van der Waals surface area contributed by atoms with Crippen LogP contribution in [0.4, 0.5) is 0 Å². The number of ether oxygens (including phenoxy) is 1. The molecule has 2 aliphatic rings. The van der Waals surface area contributed by atoms with Crippen molar-refractivity contribution < 1.29 is 14.3 Å². The SMILES string of the molecule is C[C@@H]1CN(C(=O)[C@@H](C)N2CCN(C(=O)c3cccs3)CC2)C[C@H](C)O1. The summed E-state index contributed by atoms with van der Waals surface area (Å²) in [5.74, 6) is 0.268. The fraction of sp³-hybridized carbons (Fsp3) is 0.667. The van der Waals surface area contributed by atoms with Crippen molar-refractivity contribution in [1.29, 1.82) is 0 Å². The van der Waals surface area contributed by atoms with Crippen molar-refractivity contribution in [2.24, 2.45) is 0 Å². The first-order chi connectivity index (χ1) is 12.0. The first kappa shape index (κ1) is 18.4. The molecule has 138 valence electrons. The van der Waals surface area contributed by atoms with Crippen molar-refractivity contribution in [3.8, 4) is 0 Å². The Morgan fingerprint density at radius 1 is 1.12 bits per heavy atom. The molecule has 0 unspecified atom stereocenters. The lowest BCUT2D eigenvalue weighted by Crippen LogP contribution is -2.58. The third kappa shape index (κ3) is 4.22. The van der Waals surface area contributed by atoms with Gasteiger partial charge in [0.25, 0.3) is 5.91 Å². The van der Waals surface area contributed by atoms with Gasteiger partial charge >= 0.3 is 0 Å². The molecular weight excluding hydrogens is 338 g/mol. The Morgan fingerprint density at radius 2 is 1.76 bits per heavy atom. The standard InChI is InChI=1S/C18H27N3O3S/c1-13-11-21(12-14(2)24-13)17(22)15(3)19-6-8-20(9-7-19)18(23)16-5-4-10-25-16/h4-5,10,13-15H,6-9,11-12H2,1-3H3/t13-,14+,15-/m1/s1. The zero-order valence-corrected chi connectivity index (χ0v) is 16.0. The van der Waals surface area contributed by atoms with Crippen LogP contribution in [0.25, 0.3) is 0 Å². The topological polar surface area (TPSA) is 53.1 Å². The van der Waals surface area contributed by atoms with Crippen LogP contribution < -0.4 is 0 Å². The van der Waals surface area contributed by atoms with Gasteiger partial charge in [-0.25, -0.2) is 0 Å². The Labute approximate surface area is 153 Å². The average molecular weight is 365 g/mol. The van der Waals surface area contributed by atoms with Crippen LogP contribution in [0.2, 0.25) is 0 Å². The molecule has 0 N–H and O–H groups in total. The van der Waals surface area contributed by atoms with Gasteiger partial charge in [-0.15, -0.1) is 11.3 Å². The maximum atomic E-state index is 12.8. The quantitative estimate of drug-likeness (QED) is 0.815. The molecule has 7 heteroatoms. The molecule has 1 aromatic heterocycles. The highest BCUT2D eigenvalue weighted by Gasteiger charge is 2.33. The molecule has 1 aromatic rings. The van der Waals surface area contributed by atoms with Crippen LogP contribution in [0.15, 0.2) is 17.5 Å². The Morgan fingerprint density at radius 3 is 2.32 bits per heavy atom. The van der Waals surface area contributed by atoms with E-state index in [0.29, 0.717) is 26.2 Å². The van der Waals surface area contributed by atoms with Gasteiger partial charge in [-0.1, -0.05) is 6.07 Å². The van der Waals surface area contributed by atoms with Crippen LogP contribution in [0.3, 0.4) is 0 Å². The van der Waals surface area contributed by atoms with E-state index in [0.717, 1.165) is 18.0 Å². The van der Waals surface area contributed by atoms with E-state index in [1.165, 1.54) is 11.3 Å². The first-order valence-electron chi connectivity index (χ1n) is 8.96. The molecule has 0 radical (unpaired) electrons. The zero-order valence-electron chi connectivity index (χ0n) is 15.2. The number of rotatable bonds is 3. The highest BCUT2D eigenvalue weighted by atomic mass is 32.1. The van der Waals surface area contributed by atoms with E-state index < -0.39 is 0 Å². The summed E-state index contributed by atoms with van der Waals surface area (Å²) in [6.45, 7) is 10.1.